The van der Waals surface area contributed by atoms with E-state index < -0.39 is 10.0 Å². The molecule has 0 saturated carbocycles. The molecule has 1 unspecified atom stereocenters. The molecule has 0 N–H and O–H groups in total. The summed E-state index contributed by atoms with van der Waals surface area (Å²) in [6, 6.07) is 10.9. The molecular formula is C19H23BrN2O4S2. The Balaban J connectivity index is 1.53. The monoisotopic (exact) mass is 486 g/mol. The molecule has 2 aromatic rings. The quantitative estimate of drug-likeness (QED) is 0.600. The molecule has 1 aliphatic rings. The van der Waals surface area contributed by atoms with Gasteiger partial charge in [-0.15, -0.1) is 11.3 Å². The van der Waals surface area contributed by atoms with Gasteiger partial charge in [-0.05, 0) is 48.6 Å². The summed E-state index contributed by atoms with van der Waals surface area (Å²) in [7, 11) is -1.78. The van der Waals surface area contributed by atoms with Crippen LogP contribution in [0.2, 0.25) is 0 Å². The van der Waals surface area contributed by atoms with Crippen LogP contribution in [0.15, 0.2) is 50.5 Å². The number of amides is 1. The fourth-order valence-electron chi connectivity index (χ4n) is 3.15. The van der Waals surface area contributed by atoms with E-state index in [9.17, 15) is 13.2 Å². The lowest BCUT2D eigenvalue weighted by Crippen LogP contribution is -2.46. The molecule has 1 aromatic heterocycles. The molecule has 1 amide bonds. The average molecular weight is 487 g/mol. The van der Waals surface area contributed by atoms with Gasteiger partial charge in [0.2, 0.25) is 5.91 Å². The first-order valence-corrected chi connectivity index (χ1v) is 12.2. The maximum Gasteiger partial charge on any atom is 0.252 e. The van der Waals surface area contributed by atoms with Crippen molar-refractivity contribution in [2.24, 2.45) is 5.92 Å². The number of likely N-dealkylation sites (N-methyl/N-ethyl adjacent to an activating group) is 1. The molecule has 1 aliphatic heterocycles. The van der Waals surface area contributed by atoms with Crippen molar-refractivity contribution < 1.29 is 17.9 Å². The Morgan fingerprint density at radius 3 is 2.75 bits per heavy atom. The molecule has 0 bridgehead atoms. The van der Waals surface area contributed by atoms with Crippen LogP contribution in [0.4, 0.5) is 0 Å². The maximum atomic E-state index is 12.8. The predicted molar refractivity (Wildman–Crippen MR) is 113 cm³/mol. The van der Waals surface area contributed by atoms with Crippen molar-refractivity contribution in [2.45, 2.75) is 17.1 Å². The van der Waals surface area contributed by atoms with Crippen LogP contribution >= 0.6 is 27.3 Å². The molecule has 1 fully saturated rings. The lowest BCUT2D eigenvalue weighted by atomic mass is 9.98. The van der Waals surface area contributed by atoms with Crippen molar-refractivity contribution >= 4 is 43.2 Å². The van der Waals surface area contributed by atoms with E-state index in [0.29, 0.717) is 36.7 Å². The lowest BCUT2D eigenvalue weighted by Gasteiger charge is -2.33. The summed E-state index contributed by atoms with van der Waals surface area (Å²) in [5.41, 5.74) is 0. The van der Waals surface area contributed by atoms with Crippen LogP contribution in [-0.4, -0.2) is 56.8 Å². The highest BCUT2D eigenvalue weighted by molar-refractivity contribution is 9.10. The summed E-state index contributed by atoms with van der Waals surface area (Å²) in [5.74, 6) is 0.390. The molecule has 2 heterocycles. The molecule has 1 aromatic carbocycles. The Bertz CT molecular complexity index is 885. The Morgan fingerprint density at radius 2 is 2.07 bits per heavy atom. The first kappa shape index (κ1) is 21.3. The number of hydrogen-bond acceptors (Lipinski definition) is 5. The Labute approximate surface area is 178 Å². The summed E-state index contributed by atoms with van der Waals surface area (Å²) < 4.78 is 33.9. The van der Waals surface area contributed by atoms with Gasteiger partial charge in [-0.2, -0.15) is 4.31 Å². The number of rotatable bonds is 7. The minimum absolute atomic E-state index is 0.0366. The van der Waals surface area contributed by atoms with Gasteiger partial charge < -0.3 is 9.64 Å². The Kier molecular flexibility index (Phi) is 7.14. The van der Waals surface area contributed by atoms with E-state index in [4.69, 9.17) is 4.74 Å². The van der Waals surface area contributed by atoms with Gasteiger partial charge in [0.1, 0.15) is 16.6 Å². The average Bonchev–Trinajstić information content (AvgIpc) is 3.24. The molecule has 152 valence electrons. The largest absolute Gasteiger partial charge is 0.492 e. The van der Waals surface area contributed by atoms with Crippen molar-refractivity contribution in [1.82, 2.24) is 9.21 Å². The van der Waals surface area contributed by atoms with Crippen LogP contribution in [0.1, 0.15) is 12.8 Å². The number of hydrogen-bond donors (Lipinski definition) is 0. The van der Waals surface area contributed by atoms with E-state index in [1.165, 1.54) is 15.6 Å². The van der Waals surface area contributed by atoms with Gasteiger partial charge in [0.05, 0.1) is 12.5 Å². The maximum absolute atomic E-state index is 12.8. The third-order valence-electron chi connectivity index (χ3n) is 4.71. The highest BCUT2D eigenvalue weighted by atomic mass is 79.9. The standard InChI is InChI=1S/C19H23BrN2O4S2/c1-21(11-12-26-17-8-6-16(20)7-9-17)19(23)15-4-2-10-22(14-15)28(24,25)18-5-3-13-27-18/h3,5-9,13,15H,2,4,10-12,14H2,1H3. The van der Waals surface area contributed by atoms with Crippen LogP contribution in [0.25, 0.3) is 0 Å². The lowest BCUT2D eigenvalue weighted by molar-refractivity contribution is -0.135. The second kappa shape index (κ2) is 9.39. The third-order valence-corrected chi connectivity index (χ3v) is 8.47. The fourth-order valence-corrected chi connectivity index (χ4v) is 6.09. The number of benzene rings is 1. The van der Waals surface area contributed by atoms with Crippen molar-refractivity contribution in [3.05, 3.63) is 46.3 Å². The second-order valence-corrected chi connectivity index (χ2v) is 10.7. The smallest absolute Gasteiger partial charge is 0.252 e. The topological polar surface area (TPSA) is 66.9 Å². The second-order valence-electron chi connectivity index (χ2n) is 6.70. The highest BCUT2D eigenvalue weighted by Gasteiger charge is 2.34. The molecule has 9 heteroatoms. The zero-order valence-corrected chi connectivity index (χ0v) is 18.8. The molecule has 28 heavy (non-hydrogen) atoms. The van der Waals surface area contributed by atoms with Gasteiger partial charge in [0.15, 0.2) is 0 Å². The SMILES string of the molecule is CN(CCOc1ccc(Br)cc1)C(=O)C1CCCN(S(=O)(=O)c2cccs2)C1. The highest BCUT2D eigenvalue weighted by Crippen LogP contribution is 2.27. The van der Waals surface area contributed by atoms with Gasteiger partial charge in [0.25, 0.3) is 10.0 Å². The van der Waals surface area contributed by atoms with Gasteiger partial charge in [-0.3, -0.25) is 4.79 Å². The van der Waals surface area contributed by atoms with Crippen molar-refractivity contribution in [2.75, 3.05) is 33.3 Å². The molecule has 3 rings (SSSR count). The van der Waals surface area contributed by atoms with Crippen LogP contribution in [-0.2, 0) is 14.8 Å². The van der Waals surface area contributed by atoms with Gasteiger partial charge >= 0.3 is 0 Å². The fraction of sp³-hybridized carbons (Fsp3) is 0.421. The number of sulfonamides is 1. The molecule has 0 radical (unpaired) electrons. The van der Waals surface area contributed by atoms with Gasteiger partial charge in [-0.25, -0.2) is 8.42 Å². The molecule has 1 saturated heterocycles. The van der Waals surface area contributed by atoms with Crippen LogP contribution in [0.5, 0.6) is 5.75 Å². The number of ether oxygens (including phenoxy) is 1. The van der Waals surface area contributed by atoms with Crippen molar-refractivity contribution in [1.29, 1.82) is 0 Å². The number of carbonyl (C=O) groups excluding carboxylic acids is 1. The zero-order chi connectivity index (χ0) is 20.1. The number of piperidine rings is 1. The summed E-state index contributed by atoms with van der Waals surface area (Å²) in [5, 5.41) is 1.75. The minimum atomic E-state index is -3.51. The summed E-state index contributed by atoms with van der Waals surface area (Å²) in [6.07, 6.45) is 1.39. The summed E-state index contributed by atoms with van der Waals surface area (Å²) >= 11 is 4.58. The predicted octanol–water partition coefficient (Wildman–Crippen LogP) is 3.45. The molecular weight excluding hydrogens is 464 g/mol. The van der Waals surface area contributed by atoms with E-state index in [1.54, 1.807) is 29.5 Å². The van der Waals surface area contributed by atoms with E-state index in [-0.39, 0.29) is 18.4 Å². The Morgan fingerprint density at radius 1 is 1.32 bits per heavy atom. The first-order chi connectivity index (χ1) is 13.4. The van der Waals surface area contributed by atoms with Crippen molar-refractivity contribution in [3.8, 4) is 5.75 Å². The third kappa shape index (κ3) is 5.14. The number of carbonyl (C=O) groups is 1. The first-order valence-electron chi connectivity index (χ1n) is 9.05. The van der Waals surface area contributed by atoms with E-state index in [0.717, 1.165) is 10.2 Å². The van der Waals surface area contributed by atoms with E-state index in [1.807, 2.05) is 24.3 Å². The Hall–Kier alpha value is -1.42. The summed E-state index contributed by atoms with van der Waals surface area (Å²) in [4.78, 5) is 14.4. The molecule has 1 atom stereocenters. The molecule has 0 spiro atoms. The van der Waals surface area contributed by atoms with Crippen LogP contribution in [0, 0.1) is 5.92 Å². The van der Waals surface area contributed by atoms with Crippen LogP contribution < -0.4 is 4.74 Å². The molecule has 0 aliphatic carbocycles. The van der Waals surface area contributed by atoms with E-state index in [2.05, 4.69) is 15.9 Å². The van der Waals surface area contributed by atoms with Crippen LogP contribution in [0.3, 0.4) is 0 Å². The summed E-state index contributed by atoms with van der Waals surface area (Å²) in [6.45, 7) is 1.52. The number of nitrogens with zero attached hydrogens (tertiary/aromatic N) is 2. The number of thiophene rings is 1. The van der Waals surface area contributed by atoms with Crippen molar-refractivity contribution in [3.63, 3.8) is 0 Å². The normalized spacial score (nSPS) is 18.0. The van der Waals surface area contributed by atoms with Gasteiger partial charge in [0, 0.05) is 24.6 Å². The van der Waals surface area contributed by atoms with E-state index >= 15 is 0 Å². The number of halogens is 1. The van der Waals surface area contributed by atoms with Gasteiger partial charge in [-0.1, -0.05) is 22.0 Å². The molecule has 6 nitrogen and oxygen atoms in total. The minimum Gasteiger partial charge on any atom is -0.492 e. The zero-order valence-electron chi connectivity index (χ0n) is 15.6.